The highest BCUT2D eigenvalue weighted by Crippen LogP contribution is 2.24. The van der Waals surface area contributed by atoms with E-state index in [-0.39, 0.29) is 5.91 Å². The van der Waals surface area contributed by atoms with Gasteiger partial charge in [-0.25, -0.2) is 0 Å². The van der Waals surface area contributed by atoms with Crippen LogP contribution in [0.4, 0.5) is 0 Å². The van der Waals surface area contributed by atoms with Gasteiger partial charge in [-0.2, -0.15) is 0 Å². The average Bonchev–Trinajstić information content (AvgIpc) is 3.28. The van der Waals surface area contributed by atoms with Crippen LogP contribution >= 0.6 is 0 Å². The fourth-order valence-electron chi connectivity index (χ4n) is 4.32. The van der Waals surface area contributed by atoms with E-state index in [0.717, 1.165) is 56.9 Å². The molecule has 148 valence electrons. The van der Waals surface area contributed by atoms with Gasteiger partial charge in [0.25, 0.3) is 0 Å². The third kappa shape index (κ3) is 5.24. The van der Waals surface area contributed by atoms with Crippen molar-refractivity contribution >= 4 is 11.9 Å². The summed E-state index contributed by atoms with van der Waals surface area (Å²) < 4.78 is 0. The van der Waals surface area contributed by atoms with Crippen molar-refractivity contribution in [3.8, 4) is 0 Å². The molecule has 1 aromatic carbocycles. The predicted octanol–water partition coefficient (Wildman–Crippen LogP) is 3.25. The number of nitrogens with one attached hydrogen (secondary N) is 1. The molecule has 2 heterocycles. The highest BCUT2D eigenvalue weighted by molar-refractivity contribution is 5.80. The van der Waals surface area contributed by atoms with E-state index >= 15 is 0 Å². The lowest BCUT2D eigenvalue weighted by atomic mass is 9.97. The van der Waals surface area contributed by atoms with Crippen molar-refractivity contribution in [2.75, 3.05) is 26.7 Å². The zero-order chi connectivity index (χ0) is 19.2. The van der Waals surface area contributed by atoms with Gasteiger partial charge in [-0.1, -0.05) is 38.1 Å². The van der Waals surface area contributed by atoms with Crippen LogP contribution in [0.5, 0.6) is 0 Å². The minimum atomic E-state index is 0.251. The van der Waals surface area contributed by atoms with E-state index in [1.54, 1.807) is 0 Å². The minimum absolute atomic E-state index is 0.251. The Labute approximate surface area is 163 Å². The molecule has 0 radical (unpaired) electrons. The molecule has 0 aromatic heterocycles. The maximum Gasteiger partial charge on any atom is 0.223 e. The zero-order valence-corrected chi connectivity index (χ0v) is 17.1. The molecule has 3 rings (SSSR count). The molecule has 1 N–H and O–H groups in total. The van der Waals surface area contributed by atoms with Crippen LogP contribution in [0.15, 0.2) is 29.3 Å². The summed E-state index contributed by atoms with van der Waals surface area (Å²) in [5.74, 6) is 2.78. The van der Waals surface area contributed by atoms with Gasteiger partial charge < -0.3 is 15.1 Å². The first-order valence-corrected chi connectivity index (χ1v) is 10.4. The summed E-state index contributed by atoms with van der Waals surface area (Å²) in [4.78, 5) is 21.3. The second kappa shape index (κ2) is 9.25. The molecule has 5 heteroatoms. The fraction of sp³-hybridized carbons (Fsp3) is 0.636. The largest absolute Gasteiger partial charge is 0.356 e. The minimum Gasteiger partial charge on any atom is -0.356 e. The fourth-order valence-corrected chi connectivity index (χ4v) is 4.32. The lowest BCUT2D eigenvalue weighted by molar-refractivity contribution is -0.131. The summed E-state index contributed by atoms with van der Waals surface area (Å²) in [6.07, 6.45) is 3.98. The Balaban J connectivity index is 1.36. The number of hydrogen-bond donors (Lipinski definition) is 1. The maximum atomic E-state index is 12.5. The lowest BCUT2D eigenvalue weighted by Crippen LogP contribution is -2.40. The molecule has 0 aliphatic carbocycles. The van der Waals surface area contributed by atoms with Crippen molar-refractivity contribution in [3.05, 3.63) is 35.4 Å². The second-order valence-electron chi connectivity index (χ2n) is 8.33. The van der Waals surface area contributed by atoms with Gasteiger partial charge in [-0.3, -0.25) is 9.79 Å². The first-order chi connectivity index (χ1) is 13.1. The SMILES string of the molecule is CN=C(NCCCC(=O)N1Cc2ccccc2C1)N1CCC(CC(C)C)C1. The van der Waals surface area contributed by atoms with Crippen LogP contribution < -0.4 is 5.32 Å². The molecule has 1 aromatic rings. The predicted molar refractivity (Wildman–Crippen MR) is 110 cm³/mol. The van der Waals surface area contributed by atoms with Crippen molar-refractivity contribution < 1.29 is 4.79 Å². The smallest absolute Gasteiger partial charge is 0.223 e. The van der Waals surface area contributed by atoms with E-state index in [1.165, 1.54) is 24.0 Å². The molecule has 0 bridgehead atoms. The topological polar surface area (TPSA) is 47.9 Å². The van der Waals surface area contributed by atoms with E-state index in [1.807, 2.05) is 24.1 Å². The molecule has 1 atom stereocenters. The van der Waals surface area contributed by atoms with E-state index < -0.39 is 0 Å². The standard InChI is InChI=1S/C22H34N4O/c1-17(2)13-18-10-12-25(14-18)22(23-3)24-11-6-9-21(27)26-15-19-7-4-5-8-20(19)16-26/h4-5,7-8,17-18H,6,9-16H2,1-3H3,(H,23,24). The number of benzene rings is 1. The van der Waals surface area contributed by atoms with Gasteiger partial charge in [0.2, 0.25) is 5.91 Å². The van der Waals surface area contributed by atoms with Gasteiger partial charge in [0.1, 0.15) is 0 Å². The quantitative estimate of drug-likeness (QED) is 0.475. The van der Waals surface area contributed by atoms with Crippen LogP contribution in [0.2, 0.25) is 0 Å². The van der Waals surface area contributed by atoms with Gasteiger partial charge in [0, 0.05) is 46.2 Å². The first-order valence-electron chi connectivity index (χ1n) is 10.4. The molecular weight excluding hydrogens is 336 g/mol. The Morgan fingerprint density at radius 3 is 2.56 bits per heavy atom. The van der Waals surface area contributed by atoms with Gasteiger partial charge in [0.05, 0.1) is 0 Å². The van der Waals surface area contributed by atoms with Crippen LogP contribution in [0.25, 0.3) is 0 Å². The first kappa shape index (κ1) is 19.7. The maximum absolute atomic E-state index is 12.5. The summed E-state index contributed by atoms with van der Waals surface area (Å²) in [6, 6.07) is 8.34. The van der Waals surface area contributed by atoms with E-state index in [9.17, 15) is 4.79 Å². The number of rotatable bonds is 6. The summed E-state index contributed by atoms with van der Waals surface area (Å²) in [5, 5.41) is 3.45. The van der Waals surface area contributed by atoms with Crippen LogP contribution in [0.3, 0.4) is 0 Å². The number of guanidine groups is 1. The van der Waals surface area contributed by atoms with Crippen molar-refractivity contribution in [1.29, 1.82) is 0 Å². The Morgan fingerprint density at radius 1 is 1.22 bits per heavy atom. The number of carbonyl (C=O) groups excluding carboxylic acids is 1. The molecule has 2 aliphatic heterocycles. The average molecular weight is 371 g/mol. The molecule has 27 heavy (non-hydrogen) atoms. The second-order valence-corrected chi connectivity index (χ2v) is 8.33. The molecule has 2 aliphatic rings. The number of likely N-dealkylation sites (tertiary alicyclic amines) is 1. The molecular formula is C22H34N4O. The van der Waals surface area contributed by atoms with Crippen molar-refractivity contribution in [1.82, 2.24) is 15.1 Å². The monoisotopic (exact) mass is 370 g/mol. The normalized spacial score (nSPS) is 19.7. The van der Waals surface area contributed by atoms with Gasteiger partial charge >= 0.3 is 0 Å². The lowest BCUT2D eigenvalue weighted by Gasteiger charge is -2.22. The Kier molecular flexibility index (Phi) is 6.75. The zero-order valence-electron chi connectivity index (χ0n) is 17.1. The van der Waals surface area contributed by atoms with Crippen LogP contribution in [0.1, 0.15) is 50.7 Å². The van der Waals surface area contributed by atoms with E-state index in [2.05, 4.69) is 41.2 Å². The number of fused-ring (bicyclic) bond motifs is 1. The third-order valence-corrected chi connectivity index (χ3v) is 5.65. The van der Waals surface area contributed by atoms with Crippen molar-refractivity contribution in [3.63, 3.8) is 0 Å². The molecule has 1 unspecified atom stereocenters. The third-order valence-electron chi connectivity index (χ3n) is 5.65. The number of aliphatic imine (C=N–C) groups is 1. The summed E-state index contributed by atoms with van der Waals surface area (Å²) in [7, 11) is 1.85. The van der Waals surface area contributed by atoms with Crippen LogP contribution in [-0.4, -0.2) is 48.3 Å². The Hall–Kier alpha value is -2.04. The number of nitrogens with zero attached hydrogens (tertiary/aromatic N) is 3. The molecule has 1 amide bonds. The van der Waals surface area contributed by atoms with E-state index in [4.69, 9.17) is 0 Å². The Bertz CT molecular complexity index is 645. The number of amides is 1. The van der Waals surface area contributed by atoms with Gasteiger partial charge in [-0.15, -0.1) is 0 Å². The molecule has 5 nitrogen and oxygen atoms in total. The Morgan fingerprint density at radius 2 is 1.93 bits per heavy atom. The van der Waals surface area contributed by atoms with Crippen LogP contribution in [0, 0.1) is 11.8 Å². The molecule has 1 saturated heterocycles. The molecule has 0 spiro atoms. The van der Waals surface area contributed by atoms with Gasteiger partial charge in [0.15, 0.2) is 5.96 Å². The summed E-state index contributed by atoms with van der Waals surface area (Å²) in [6.45, 7) is 9.09. The summed E-state index contributed by atoms with van der Waals surface area (Å²) in [5.41, 5.74) is 2.57. The molecule has 0 saturated carbocycles. The van der Waals surface area contributed by atoms with Crippen molar-refractivity contribution in [2.24, 2.45) is 16.8 Å². The van der Waals surface area contributed by atoms with Crippen molar-refractivity contribution in [2.45, 2.75) is 52.6 Å². The van der Waals surface area contributed by atoms with E-state index in [0.29, 0.717) is 6.42 Å². The van der Waals surface area contributed by atoms with Crippen LogP contribution in [-0.2, 0) is 17.9 Å². The highest BCUT2D eigenvalue weighted by Gasteiger charge is 2.25. The summed E-state index contributed by atoms with van der Waals surface area (Å²) >= 11 is 0. The number of carbonyl (C=O) groups is 1. The van der Waals surface area contributed by atoms with Gasteiger partial charge in [-0.05, 0) is 42.2 Å². The highest BCUT2D eigenvalue weighted by atomic mass is 16.2. The molecule has 1 fully saturated rings. The number of hydrogen-bond acceptors (Lipinski definition) is 2.